The first-order valence-corrected chi connectivity index (χ1v) is 9.20. The van der Waals surface area contributed by atoms with Crippen LogP contribution in [0.15, 0.2) is 16.3 Å². The van der Waals surface area contributed by atoms with Gasteiger partial charge in [0.25, 0.3) is 10.0 Å². The second-order valence-electron chi connectivity index (χ2n) is 5.36. The molecule has 0 aliphatic carbocycles. The van der Waals surface area contributed by atoms with Gasteiger partial charge in [-0.1, -0.05) is 6.92 Å². The minimum atomic E-state index is -3.29. The van der Waals surface area contributed by atoms with Crippen LogP contribution in [0.5, 0.6) is 0 Å². The molecule has 1 aromatic heterocycles. The second-order valence-corrected chi connectivity index (χ2v) is 8.70. The molecule has 7 heteroatoms. The Kier molecular flexibility index (Phi) is 5.13. The largest absolute Gasteiger partial charge is 0.310 e. The van der Waals surface area contributed by atoms with Crippen LogP contribution in [0.3, 0.4) is 0 Å². The molecule has 1 aromatic rings. The third-order valence-corrected chi connectivity index (χ3v) is 7.63. The summed E-state index contributed by atoms with van der Waals surface area (Å²) in [5.41, 5.74) is 0. The van der Waals surface area contributed by atoms with Crippen molar-refractivity contribution < 1.29 is 8.42 Å². The lowest BCUT2D eigenvalue weighted by Gasteiger charge is -2.22. The fraction of sp³-hybridized carbons (Fsp3) is 0.692. The molecule has 0 amide bonds. The Morgan fingerprint density at radius 1 is 1.30 bits per heavy atom. The Hall–Kier alpha value is -0.140. The van der Waals surface area contributed by atoms with Crippen molar-refractivity contribution in [1.82, 2.24) is 9.62 Å². The fourth-order valence-corrected chi connectivity index (χ4v) is 5.89. The van der Waals surface area contributed by atoms with Gasteiger partial charge in [0.15, 0.2) is 0 Å². The molecule has 2 saturated heterocycles. The number of sulfonamides is 1. The number of hydrogen-bond acceptors (Lipinski definition) is 4. The maximum absolute atomic E-state index is 12.7. The Balaban J connectivity index is 0.00000147. The maximum Gasteiger partial charge on any atom is 0.252 e. The van der Waals surface area contributed by atoms with E-state index in [9.17, 15) is 8.42 Å². The Morgan fingerprint density at radius 3 is 2.75 bits per heavy atom. The van der Waals surface area contributed by atoms with Gasteiger partial charge in [0.1, 0.15) is 4.21 Å². The summed E-state index contributed by atoms with van der Waals surface area (Å²) in [6.07, 6.45) is 4.12. The number of nitrogens with zero attached hydrogens (tertiary/aromatic N) is 1. The summed E-state index contributed by atoms with van der Waals surface area (Å²) < 4.78 is 27.5. The fourth-order valence-electron chi connectivity index (χ4n) is 2.94. The first kappa shape index (κ1) is 16.2. The summed E-state index contributed by atoms with van der Waals surface area (Å²) in [6.45, 7) is 3.32. The van der Waals surface area contributed by atoms with Gasteiger partial charge < -0.3 is 5.32 Å². The van der Waals surface area contributed by atoms with Crippen molar-refractivity contribution in [3.05, 3.63) is 17.0 Å². The summed E-state index contributed by atoms with van der Waals surface area (Å²) in [4.78, 5) is 1.13. The van der Waals surface area contributed by atoms with Gasteiger partial charge in [-0.25, -0.2) is 8.42 Å². The Bertz CT molecular complexity index is 558. The van der Waals surface area contributed by atoms with Crippen molar-refractivity contribution in [3.8, 4) is 0 Å². The van der Waals surface area contributed by atoms with E-state index in [4.69, 9.17) is 0 Å². The monoisotopic (exact) mass is 336 g/mol. The molecule has 3 rings (SSSR count). The summed E-state index contributed by atoms with van der Waals surface area (Å²) in [5, 5.41) is 3.52. The van der Waals surface area contributed by atoms with Gasteiger partial charge in [-0.3, -0.25) is 0 Å². The number of rotatable bonds is 3. The molecular formula is C13H21ClN2O2S2. The number of thiophene rings is 1. The van der Waals surface area contributed by atoms with Crippen LogP contribution in [0.4, 0.5) is 0 Å². The molecule has 2 aliphatic rings. The number of fused-ring (bicyclic) bond motifs is 2. The SMILES string of the molecule is CCc1ccc(S(=O)(=O)N2CCC3CCC(C2)N3)s1.Cl. The highest BCUT2D eigenvalue weighted by molar-refractivity contribution is 7.91. The summed E-state index contributed by atoms with van der Waals surface area (Å²) in [5.74, 6) is 0. The highest BCUT2D eigenvalue weighted by Crippen LogP contribution is 2.28. The average Bonchev–Trinajstić information content (AvgIpc) is 2.95. The van der Waals surface area contributed by atoms with Crippen molar-refractivity contribution in [2.45, 2.75) is 48.9 Å². The van der Waals surface area contributed by atoms with Crippen LogP contribution in [0, 0.1) is 0 Å². The van der Waals surface area contributed by atoms with Gasteiger partial charge in [-0.15, -0.1) is 23.7 Å². The van der Waals surface area contributed by atoms with E-state index >= 15 is 0 Å². The molecule has 0 radical (unpaired) electrons. The van der Waals surface area contributed by atoms with Crippen LogP contribution in [0.2, 0.25) is 0 Å². The zero-order valence-electron chi connectivity index (χ0n) is 11.5. The predicted octanol–water partition coefficient (Wildman–Crippen LogP) is 2.25. The van der Waals surface area contributed by atoms with E-state index in [1.807, 2.05) is 6.07 Å². The first-order chi connectivity index (χ1) is 9.09. The standard InChI is InChI=1S/C13H20N2O2S2.ClH/c1-2-12-5-6-13(18-12)19(16,17)15-8-7-10-3-4-11(9-15)14-10;/h5-6,10-11,14H,2-4,7-9H2,1H3;1H. The van der Waals surface area contributed by atoms with Gasteiger partial charge in [0, 0.05) is 30.1 Å². The molecule has 4 nitrogen and oxygen atoms in total. The Labute approximate surface area is 131 Å². The lowest BCUT2D eigenvalue weighted by Crippen LogP contribution is -2.38. The number of nitrogens with one attached hydrogen (secondary N) is 1. The number of aryl methyl sites for hydroxylation is 1. The molecular weight excluding hydrogens is 316 g/mol. The van der Waals surface area contributed by atoms with E-state index in [0.29, 0.717) is 29.4 Å². The zero-order chi connectivity index (χ0) is 13.5. The van der Waals surface area contributed by atoms with Crippen LogP contribution in [0.1, 0.15) is 31.1 Å². The third-order valence-electron chi connectivity index (χ3n) is 4.07. The molecule has 0 saturated carbocycles. The van der Waals surface area contributed by atoms with Gasteiger partial charge in [-0.05, 0) is 37.8 Å². The molecule has 20 heavy (non-hydrogen) atoms. The topological polar surface area (TPSA) is 49.4 Å². The molecule has 2 unspecified atom stereocenters. The normalized spacial score (nSPS) is 27.1. The third kappa shape index (κ3) is 3.04. The van der Waals surface area contributed by atoms with E-state index in [1.165, 1.54) is 17.8 Å². The molecule has 0 aromatic carbocycles. The van der Waals surface area contributed by atoms with E-state index in [-0.39, 0.29) is 12.4 Å². The van der Waals surface area contributed by atoms with Crippen LogP contribution in [-0.4, -0.2) is 37.9 Å². The van der Waals surface area contributed by atoms with E-state index < -0.39 is 10.0 Å². The lowest BCUT2D eigenvalue weighted by molar-refractivity contribution is 0.384. The molecule has 2 bridgehead atoms. The molecule has 114 valence electrons. The summed E-state index contributed by atoms with van der Waals surface area (Å²) in [7, 11) is -3.29. The van der Waals surface area contributed by atoms with Crippen molar-refractivity contribution in [3.63, 3.8) is 0 Å². The minimum Gasteiger partial charge on any atom is -0.310 e. The molecule has 2 fully saturated rings. The summed E-state index contributed by atoms with van der Waals surface area (Å²) >= 11 is 1.41. The molecule has 1 N–H and O–H groups in total. The minimum absolute atomic E-state index is 0. The first-order valence-electron chi connectivity index (χ1n) is 6.94. The zero-order valence-corrected chi connectivity index (χ0v) is 14.0. The smallest absolute Gasteiger partial charge is 0.252 e. The quantitative estimate of drug-likeness (QED) is 0.921. The van der Waals surface area contributed by atoms with Gasteiger partial charge in [-0.2, -0.15) is 4.31 Å². The van der Waals surface area contributed by atoms with Crippen molar-refractivity contribution in [1.29, 1.82) is 0 Å². The van der Waals surface area contributed by atoms with Crippen molar-refractivity contribution in [2.75, 3.05) is 13.1 Å². The van der Waals surface area contributed by atoms with E-state index in [0.717, 1.165) is 24.1 Å². The molecule has 0 spiro atoms. The van der Waals surface area contributed by atoms with E-state index in [2.05, 4.69) is 12.2 Å². The average molecular weight is 337 g/mol. The summed E-state index contributed by atoms with van der Waals surface area (Å²) in [6, 6.07) is 4.54. The highest BCUT2D eigenvalue weighted by atomic mass is 35.5. The Morgan fingerprint density at radius 2 is 2.05 bits per heavy atom. The molecule has 2 atom stereocenters. The number of halogens is 1. The van der Waals surface area contributed by atoms with Gasteiger partial charge in [0.05, 0.1) is 0 Å². The van der Waals surface area contributed by atoms with Gasteiger partial charge >= 0.3 is 0 Å². The van der Waals surface area contributed by atoms with Crippen LogP contribution in [0.25, 0.3) is 0 Å². The van der Waals surface area contributed by atoms with Gasteiger partial charge in [0.2, 0.25) is 0 Å². The van der Waals surface area contributed by atoms with E-state index in [1.54, 1.807) is 10.4 Å². The van der Waals surface area contributed by atoms with Crippen molar-refractivity contribution >= 4 is 33.8 Å². The number of hydrogen-bond donors (Lipinski definition) is 1. The lowest BCUT2D eigenvalue weighted by atomic mass is 10.1. The van der Waals surface area contributed by atoms with Crippen LogP contribution >= 0.6 is 23.7 Å². The maximum atomic E-state index is 12.7. The second kappa shape index (κ2) is 6.32. The molecule has 2 aliphatic heterocycles. The predicted molar refractivity (Wildman–Crippen MR) is 84.3 cm³/mol. The van der Waals surface area contributed by atoms with Crippen molar-refractivity contribution in [2.24, 2.45) is 0 Å². The van der Waals surface area contributed by atoms with Crippen LogP contribution < -0.4 is 5.32 Å². The highest BCUT2D eigenvalue weighted by Gasteiger charge is 2.35. The van der Waals surface area contributed by atoms with Crippen LogP contribution in [-0.2, 0) is 16.4 Å². The molecule has 3 heterocycles.